The van der Waals surface area contributed by atoms with E-state index in [0.717, 1.165) is 6.54 Å². The molecule has 1 atom stereocenters. The fourth-order valence-corrected chi connectivity index (χ4v) is 1.01. The Morgan fingerprint density at radius 2 is 2.56 bits per heavy atom. The van der Waals surface area contributed by atoms with Gasteiger partial charge in [0.2, 0.25) is 0 Å². The number of nitrogens with one attached hydrogen (secondary N) is 1. The summed E-state index contributed by atoms with van der Waals surface area (Å²) in [5.41, 5.74) is 0. The first-order valence-electron chi connectivity index (χ1n) is 3.16. The minimum Gasteiger partial charge on any atom is -0.396 e. The number of ketones is 1. The molecular formula is C6H11NO2. The highest BCUT2D eigenvalue weighted by Gasteiger charge is 2.17. The number of aliphatic hydroxyl groups excluding tert-OH is 1. The van der Waals surface area contributed by atoms with E-state index in [1.54, 1.807) is 0 Å². The van der Waals surface area contributed by atoms with Crippen LogP contribution in [0.4, 0.5) is 0 Å². The van der Waals surface area contributed by atoms with Crippen LogP contribution in [-0.2, 0) is 4.79 Å². The minimum absolute atomic E-state index is 0.124. The molecule has 1 aliphatic rings. The van der Waals surface area contributed by atoms with Crippen molar-refractivity contribution in [2.24, 2.45) is 5.92 Å². The largest absolute Gasteiger partial charge is 0.396 e. The van der Waals surface area contributed by atoms with Gasteiger partial charge in [-0.05, 0) is 0 Å². The van der Waals surface area contributed by atoms with Gasteiger partial charge in [-0.15, -0.1) is 0 Å². The SMILES string of the molecule is O=C1CNCC(CO)C1. The normalized spacial score (nSPS) is 28.6. The summed E-state index contributed by atoms with van der Waals surface area (Å²) in [5.74, 6) is 0.367. The van der Waals surface area contributed by atoms with Crippen LogP contribution in [0.3, 0.4) is 0 Å². The summed E-state index contributed by atoms with van der Waals surface area (Å²) in [6.45, 7) is 1.39. The van der Waals surface area contributed by atoms with Crippen LogP contribution in [0, 0.1) is 5.92 Å². The molecule has 0 aromatic heterocycles. The molecule has 1 aliphatic heterocycles. The first-order valence-corrected chi connectivity index (χ1v) is 3.16. The first kappa shape index (κ1) is 6.71. The summed E-state index contributed by atoms with van der Waals surface area (Å²) in [6, 6.07) is 0. The molecule has 2 N–H and O–H groups in total. The van der Waals surface area contributed by atoms with Crippen LogP contribution in [0.15, 0.2) is 0 Å². The number of carbonyl (C=O) groups excluding carboxylic acids is 1. The van der Waals surface area contributed by atoms with E-state index >= 15 is 0 Å². The van der Waals surface area contributed by atoms with Gasteiger partial charge < -0.3 is 10.4 Å². The number of aliphatic hydroxyl groups is 1. The molecule has 0 radical (unpaired) electrons. The Labute approximate surface area is 54.1 Å². The standard InChI is InChI=1S/C6H11NO2/c8-4-5-1-6(9)3-7-2-5/h5,7-8H,1-4H2. The van der Waals surface area contributed by atoms with Gasteiger partial charge in [0.25, 0.3) is 0 Å². The van der Waals surface area contributed by atoms with Gasteiger partial charge in [0, 0.05) is 25.5 Å². The Kier molecular flexibility index (Phi) is 2.19. The molecule has 1 fully saturated rings. The molecule has 0 aromatic rings. The molecule has 0 bridgehead atoms. The molecule has 1 rings (SSSR count). The first-order chi connectivity index (χ1) is 4.33. The lowest BCUT2D eigenvalue weighted by molar-refractivity contribution is -0.120. The van der Waals surface area contributed by atoms with Gasteiger partial charge in [0.1, 0.15) is 5.78 Å². The lowest BCUT2D eigenvalue weighted by atomic mass is 10.0. The number of hydrogen-bond acceptors (Lipinski definition) is 3. The lowest BCUT2D eigenvalue weighted by Gasteiger charge is -2.18. The number of carbonyl (C=O) groups is 1. The summed E-state index contributed by atoms with van der Waals surface area (Å²) in [4.78, 5) is 10.7. The monoisotopic (exact) mass is 129 g/mol. The number of rotatable bonds is 1. The smallest absolute Gasteiger partial charge is 0.147 e. The Morgan fingerprint density at radius 1 is 1.78 bits per heavy atom. The van der Waals surface area contributed by atoms with Gasteiger partial charge in [-0.1, -0.05) is 0 Å². The zero-order chi connectivity index (χ0) is 6.69. The molecule has 9 heavy (non-hydrogen) atoms. The van der Waals surface area contributed by atoms with Gasteiger partial charge in [-0.3, -0.25) is 4.79 Å². The van der Waals surface area contributed by atoms with Crippen molar-refractivity contribution in [2.45, 2.75) is 6.42 Å². The van der Waals surface area contributed by atoms with Crippen molar-refractivity contribution in [3.63, 3.8) is 0 Å². The predicted molar refractivity (Wildman–Crippen MR) is 33.1 cm³/mol. The third kappa shape index (κ3) is 1.77. The van der Waals surface area contributed by atoms with Crippen molar-refractivity contribution >= 4 is 5.78 Å². The maximum Gasteiger partial charge on any atom is 0.147 e. The molecule has 0 spiro atoms. The number of Topliss-reactive ketones (excluding diaryl/α,β-unsaturated/α-hetero) is 1. The van der Waals surface area contributed by atoms with Crippen LogP contribution >= 0.6 is 0 Å². The van der Waals surface area contributed by atoms with E-state index in [0.29, 0.717) is 13.0 Å². The van der Waals surface area contributed by atoms with Crippen molar-refractivity contribution in [3.8, 4) is 0 Å². The highest BCUT2D eigenvalue weighted by Crippen LogP contribution is 2.04. The van der Waals surface area contributed by atoms with E-state index in [4.69, 9.17) is 5.11 Å². The lowest BCUT2D eigenvalue weighted by Crippen LogP contribution is -2.37. The summed E-state index contributed by atoms with van der Waals surface area (Å²) >= 11 is 0. The Hall–Kier alpha value is -0.410. The van der Waals surface area contributed by atoms with Crippen molar-refractivity contribution in [2.75, 3.05) is 19.7 Å². The van der Waals surface area contributed by atoms with E-state index in [2.05, 4.69) is 5.32 Å². The third-order valence-corrected chi connectivity index (χ3v) is 1.53. The molecule has 0 amide bonds. The van der Waals surface area contributed by atoms with Gasteiger partial charge in [0.05, 0.1) is 6.54 Å². The van der Waals surface area contributed by atoms with Gasteiger partial charge in [-0.25, -0.2) is 0 Å². The summed E-state index contributed by atoms with van der Waals surface area (Å²) in [5, 5.41) is 11.5. The zero-order valence-electron chi connectivity index (χ0n) is 5.26. The summed E-state index contributed by atoms with van der Waals surface area (Å²) in [6.07, 6.45) is 0.545. The second-order valence-corrected chi connectivity index (χ2v) is 2.42. The van der Waals surface area contributed by atoms with Crippen molar-refractivity contribution in [1.29, 1.82) is 0 Å². The van der Waals surface area contributed by atoms with Gasteiger partial charge >= 0.3 is 0 Å². The van der Waals surface area contributed by atoms with Crippen molar-refractivity contribution < 1.29 is 9.90 Å². The summed E-state index contributed by atoms with van der Waals surface area (Å²) < 4.78 is 0. The molecule has 0 saturated carbocycles. The van der Waals surface area contributed by atoms with E-state index in [9.17, 15) is 4.79 Å². The van der Waals surface area contributed by atoms with E-state index in [-0.39, 0.29) is 18.3 Å². The van der Waals surface area contributed by atoms with E-state index in [1.165, 1.54) is 0 Å². The Morgan fingerprint density at radius 3 is 3.00 bits per heavy atom. The molecule has 1 heterocycles. The molecule has 3 heteroatoms. The third-order valence-electron chi connectivity index (χ3n) is 1.53. The zero-order valence-corrected chi connectivity index (χ0v) is 5.26. The summed E-state index contributed by atoms with van der Waals surface area (Å²) in [7, 11) is 0. The fraction of sp³-hybridized carbons (Fsp3) is 0.833. The Bertz CT molecular complexity index is 114. The second kappa shape index (κ2) is 2.94. The van der Waals surface area contributed by atoms with Crippen LogP contribution in [0.2, 0.25) is 0 Å². The quantitative estimate of drug-likeness (QED) is 0.485. The van der Waals surface area contributed by atoms with E-state index < -0.39 is 0 Å². The average Bonchev–Trinajstić information content (AvgIpc) is 1.88. The molecular weight excluding hydrogens is 118 g/mol. The molecule has 0 aliphatic carbocycles. The van der Waals surface area contributed by atoms with Crippen LogP contribution in [0.5, 0.6) is 0 Å². The molecule has 52 valence electrons. The molecule has 3 nitrogen and oxygen atoms in total. The minimum atomic E-state index is 0.124. The molecule has 0 aromatic carbocycles. The predicted octanol–water partition coefficient (Wildman–Crippen LogP) is -0.843. The molecule has 1 saturated heterocycles. The maximum atomic E-state index is 10.7. The molecule has 1 unspecified atom stereocenters. The Balaban J connectivity index is 2.32. The number of piperidine rings is 1. The van der Waals surface area contributed by atoms with Crippen LogP contribution in [0.1, 0.15) is 6.42 Å². The topological polar surface area (TPSA) is 49.3 Å². The van der Waals surface area contributed by atoms with E-state index in [1.807, 2.05) is 0 Å². The van der Waals surface area contributed by atoms with Gasteiger partial charge in [-0.2, -0.15) is 0 Å². The van der Waals surface area contributed by atoms with Crippen LogP contribution in [-0.4, -0.2) is 30.6 Å². The number of hydrogen-bond donors (Lipinski definition) is 2. The van der Waals surface area contributed by atoms with Crippen LogP contribution in [0.25, 0.3) is 0 Å². The second-order valence-electron chi connectivity index (χ2n) is 2.42. The highest BCUT2D eigenvalue weighted by molar-refractivity contribution is 5.81. The van der Waals surface area contributed by atoms with Crippen molar-refractivity contribution in [3.05, 3.63) is 0 Å². The average molecular weight is 129 g/mol. The van der Waals surface area contributed by atoms with Crippen LogP contribution < -0.4 is 5.32 Å². The highest BCUT2D eigenvalue weighted by atomic mass is 16.3. The fourth-order valence-electron chi connectivity index (χ4n) is 1.01. The van der Waals surface area contributed by atoms with Gasteiger partial charge in [0.15, 0.2) is 0 Å². The van der Waals surface area contributed by atoms with Crippen molar-refractivity contribution in [1.82, 2.24) is 5.32 Å². The maximum absolute atomic E-state index is 10.7.